The summed E-state index contributed by atoms with van der Waals surface area (Å²) in [6.07, 6.45) is 1.80. The molecule has 0 spiro atoms. The Morgan fingerprint density at radius 2 is 2.00 bits per heavy atom. The van der Waals surface area contributed by atoms with Crippen molar-refractivity contribution in [2.45, 2.75) is 32.8 Å². The summed E-state index contributed by atoms with van der Waals surface area (Å²) < 4.78 is 5.37. The van der Waals surface area contributed by atoms with Crippen molar-refractivity contribution in [1.29, 1.82) is 0 Å². The fourth-order valence-corrected chi connectivity index (χ4v) is 1.08. The molecule has 0 aliphatic heterocycles. The normalized spacial score (nSPS) is 10.7. The molecule has 0 aromatic heterocycles. The first-order valence-corrected chi connectivity index (χ1v) is 5.56. The standard InChI is InChI=1S/C11H24N2O2/c1-10(2)15-9-8-12-7-5-6-11(14)13(3)4/h10,12H,5-9H2,1-4H3. The predicted molar refractivity (Wildman–Crippen MR) is 61.9 cm³/mol. The van der Waals surface area contributed by atoms with E-state index in [-0.39, 0.29) is 5.91 Å². The Bertz CT molecular complexity index is 170. The van der Waals surface area contributed by atoms with Crippen molar-refractivity contribution in [1.82, 2.24) is 10.2 Å². The Labute approximate surface area is 93.0 Å². The number of hydrogen-bond acceptors (Lipinski definition) is 3. The maximum absolute atomic E-state index is 11.2. The quantitative estimate of drug-likeness (QED) is 0.612. The number of nitrogens with zero attached hydrogens (tertiary/aromatic N) is 1. The lowest BCUT2D eigenvalue weighted by Gasteiger charge is -2.10. The van der Waals surface area contributed by atoms with Crippen LogP contribution in [0.2, 0.25) is 0 Å². The molecule has 0 aromatic rings. The molecule has 0 saturated heterocycles. The van der Waals surface area contributed by atoms with Crippen LogP contribution in [-0.2, 0) is 9.53 Å². The molecular weight excluding hydrogens is 192 g/mol. The first-order chi connectivity index (χ1) is 7.04. The molecule has 4 heteroatoms. The molecule has 0 unspecified atom stereocenters. The van der Waals surface area contributed by atoms with Crippen molar-refractivity contribution in [3.05, 3.63) is 0 Å². The van der Waals surface area contributed by atoms with Gasteiger partial charge in [-0.2, -0.15) is 0 Å². The summed E-state index contributed by atoms with van der Waals surface area (Å²) in [6, 6.07) is 0. The summed E-state index contributed by atoms with van der Waals surface area (Å²) in [7, 11) is 3.57. The Balaban J connectivity index is 3.15. The van der Waals surface area contributed by atoms with Crippen molar-refractivity contribution in [2.75, 3.05) is 33.8 Å². The minimum atomic E-state index is 0.190. The molecule has 0 bridgehead atoms. The van der Waals surface area contributed by atoms with E-state index in [1.54, 1.807) is 19.0 Å². The third kappa shape index (κ3) is 9.69. The van der Waals surface area contributed by atoms with Gasteiger partial charge in [-0.1, -0.05) is 0 Å². The van der Waals surface area contributed by atoms with E-state index in [1.807, 2.05) is 13.8 Å². The fraction of sp³-hybridized carbons (Fsp3) is 0.909. The lowest BCUT2D eigenvalue weighted by Crippen LogP contribution is -2.25. The summed E-state index contributed by atoms with van der Waals surface area (Å²) in [5, 5.41) is 3.24. The Kier molecular flexibility index (Phi) is 8.33. The van der Waals surface area contributed by atoms with Crippen LogP contribution in [0, 0.1) is 0 Å². The van der Waals surface area contributed by atoms with E-state index in [0.717, 1.165) is 26.1 Å². The number of amides is 1. The number of ether oxygens (including phenoxy) is 1. The van der Waals surface area contributed by atoms with E-state index in [1.165, 1.54) is 0 Å². The first-order valence-electron chi connectivity index (χ1n) is 5.56. The van der Waals surface area contributed by atoms with Crippen molar-refractivity contribution >= 4 is 5.91 Å². The van der Waals surface area contributed by atoms with Crippen LogP contribution in [0.15, 0.2) is 0 Å². The Morgan fingerprint density at radius 1 is 1.33 bits per heavy atom. The van der Waals surface area contributed by atoms with Gasteiger partial charge in [0.15, 0.2) is 0 Å². The van der Waals surface area contributed by atoms with E-state index in [9.17, 15) is 4.79 Å². The highest BCUT2D eigenvalue weighted by molar-refractivity contribution is 5.75. The zero-order valence-corrected chi connectivity index (χ0v) is 10.4. The highest BCUT2D eigenvalue weighted by Crippen LogP contribution is 1.91. The third-order valence-electron chi connectivity index (χ3n) is 1.97. The Hall–Kier alpha value is -0.610. The molecule has 90 valence electrons. The lowest BCUT2D eigenvalue weighted by atomic mass is 10.3. The van der Waals surface area contributed by atoms with Crippen LogP contribution in [0.5, 0.6) is 0 Å². The smallest absolute Gasteiger partial charge is 0.222 e. The van der Waals surface area contributed by atoms with Crippen LogP contribution < -0.4 is 5.32 Å². The highest BCUT2D eigenvalue weighted by atomic mass is 16.5. The summed E-state index contributed by atoms with van der Waals surface area (Å²) >= 11 is 0. The summed E-state index contributed by atoms with van der Waals surface area (Å²) in [5.74, 6) is 0.190. The molecule has 15 heavy (non-hydrogen) atoms. The molecule has 0 atom stereocenters. The SMILES string of the molecule is CC(C)OCCNCCCC(=O)N(C)C. The molecule has 0 rings (SSSR count). The second-order valence-corrected chi connectivity index (χ2v) is 4.06. The van der Waals surface area contributed by atoms with Gasteiger partial charge in [-0.3, -0.25) is 4.79 Å². The average molecular weight is 216 g/mol. The zero-order valence-electron chi connectivity index (χ0n) is 10.4. The van der Waals surface area contributed by atoms with Gasteiger partial charge in [0.2, 0.25) is 5.91 Å². The molecule has 0 aromatic carbocycles. The van der Waals surface area contributed by atoms with Gasteiger partial charge in [-0.05, 0) is 26.8 Å². The van der Waals surface area contributed by atoms with Crippen molar-refractivity contribution in [3.8, 4) is 0 Å². The molecular formula is C11H24N2O2. The number of rotatable bonds is 8. The molecule has 0 saturated carbocycles. The summed E-state index contributed by atoms with van der Waals surface area (Å²) in [5.41, 5.74) is 0. The second-order valence-electron chi connectivity index (χ2n) is 4.06. The van der Waals surface area contributed by atoms with Gasteiger partial charge in [0, 0.05) is 27.1 Å². The van der Waals surface area contributed by atoms with E-state index < -0.39 is 0 Å². The fourth-order valence-electron chi connectivity index (χ4n) is 1.08. The average Bonchev–Trinajstić information content (AvgIpc) is 2.15. The number of carbonyl (C=O) groups excluding carboxylic acids is 1. The zero-order chi connectivity index (χ0) is 11.7. The van der Waals surface area contributed by atoms with Crippen molar-refractivity contribution < 1.29 is 9.53 Å². The first kappa shape index (κ1) is 14.4. The van der Waals surface area contributed by atoms with Crippen LogP contribution in [0.3, 0.4) is 0 Å². The summed E-state index contributed by atoms with van der Waals surface area (Å²) in [6.45, 7) is 6.51. The third-order valence-corrected chi connectivity index (χ3v) is 1.97. The monoisotopic (exact) mass is 216 g/mol. The minimum Gasteiger partial charge on any atom is -0.377 e. The maximum Gasteiger partial charge on any atom is 0.222 e. The van der Waals surface area contributed by atoms with Gasteiger partial charge in [0.1, 0.15) is 0 Å². The molecule has 1 N–H and O–H groups in total. The Morgan fingerprint density at radius 3 is 2.53 bits per heavy atom. The molecule has 0 fully saturated rings. The van der Waals surface area contributed by atoms with Crippen molar-refractivity contribution in [2.24, 2.45) is 0 Å². The van der Waals surface area contributed by atoms with E-state index in [0.29, 0.717) is 12.5 Å². The highest BCUT2D eigenvalue weighted by Gasteiger charge is 2.02. The van der Waals surface area contributed by atoms with Crippen LogP contribution in [0.4, 0.5) is 0 Å². The molecule has 0 radical (unpaired) electrons. The second kappa shape index (κ2) is 8.68. The number of carbonyl (C=O) groups is 1. The lowest BCUT2D eigenvalue weighted by molar-refractivity contribution is -0.128. The van der Waals surface area contributed by atoms with Crippen LogP contribution in [0.25, 0.3) is 0 Å². The van der Waals surface area contributed by atoms with Crippen LogP contribution in [-0.4, -0.2) is 50.7 Å². The predicted octanol–water partition coefficient (Wildman–Crippen LogP) is 0.869. The molecule has 1 amide bonds. The molecule has 4 nitrogen and oxygen atoms in total. The van der Waals surface area contributed by atoms with Gasteiger partial charge >= 0.3 is 0 Å². The summed E-state index contributed by atoms with van der Waals surface area (Å²) in [4.78, 5) is 12.8. The molecule has 0 heterocycles. The van der Waals surface area contributed by atoms with Gasteiger partial charge in [0.05, 0.1) is 12.7 Å². The largest absolute Gasteiger partial charge is 0.377 e. The molecule has 0 aliphatic carbocycles. The van der Waals surface area contributed by atoms with Gasteiger partial charge in [-0.15, -0.1) is 0 Å². The van der Waals surface area contributed by atoms with Crippen molar-refractivity contribution in [3.63, 3.8) is 0 Å². The number of nitrogens with one attached hydrogen (secondary N) is 1. The maximum atomic E-state index is 11.2. The van der Waals surface area contributed by atoms with E-state index >= 15 is 0 Å². The van der Waals surface area contributed by atoms with E-state index in [4.69, 9.17) is 4.74 Å². The molecule has 0 aliphatic rings. The van der Waals surface area contributed by atoms with Gasteiger partial charge in [-0.25, -0.2) is 0 Å². The van der Waals surface area contributed by atoms with Crippen LogP contribution >= 0.6 is 0 Å². The minimum absolute atomic E-state index is 0.190. The van der Waals surface area contributed by atoms with E-state index in [2.05, 4.69) is 5.32 Å². The van der Waals surface area contributed by atoms with Gasteiger partial charge in [0.25, 0.3) is 0 Å². The van der Waals surface area contributed by atoms with Crippen LogP contribution in [0.1, 0.15) is 26.7 Å². The van der Waals surface area contributed by atoms with Gasteiger partial charge < -0.3 is 15.0 Å². The topological polar surface area (TPSA) is 41.6 Å². The number of hydrogen-bond donors (Lipinski definition) is 1.